The lowest BCUT2D eigenvalue weighted by atomic mass is 10.1. The first-order valence-corrected chi connectivity index (χ1v) is 5.76. The summed E-state index contributed by atoms with van der Waals surface area (Å²) in [6, 6.07) is 5.80. The van der Waals surface area contributed by atoms with Gasteiger partial charge in [0.25, 0.3) is 0 Å². The van der Waals surface area contributed by atoms with E-state index < -0.39 is 0 Å². The fraction of sp³-hybridized carbons (Fsp3) is 0.385. The van der Waals surface area contributed by atoms with Crippen molar-refractivity contribution in [2.45, 2.75) is 13.8 Å². The molecule has 88 valence electrons. The molecule has 0 fully saturated rings. The zero-order chi connectivity index (χ0) is 12.0. The molecule has 0 saturated heterocycles. The van der Waals surface area contributed by atoms with Crippen LogP contribution in [0.2, 0.25) is 5.02 Å². The molecule has 0 aromatic heterocycles. The number of rotatable bonds is 5. The summed E-state index contributed by atoms with van der Waals surface area (Å²) in [4.78, 5) is 0. The van der Waals surface area contributed by atoms with Crippen LogP contribution in [0.3, 0.4) is 0 Å². The van der Waals surface area contributed by atoms with Gasteiger partial charge < -0.3 is 10.1 Å². The van der Waals surface area contributed by atoms with Gasteiger partial charge in [0.15, 0.2) is 0 Å². The molecule has 3 heteroatoms. The number of nitrogens with one attached hydrogen (secondary N) is 1. The van der Waals surface area contributed by atoms with E-state index in [-0.39, 0.29) is 0 Å². The number of halogens is 1. The maximum absolute atomic E-state index is 6.05. The van der Waals surface area contributed by atoms with E-state index in [1.807, 2.05) is 18.2 Å². The SMILES string of the molecule is CCNCC(C)=Cc1ccc(OC)c(Cl)c1. The molecule has 0 aliphatic rings. The number of benzene rings is 1. The molecule has 2 nitrogen and oxygen atoms in total. The lowest BCUT2D eigenvalue weighted by Gasteiger charge is -2.05. The Morgan fingerprint density at radius 1 is 1.50 bits per heavy atom. The number of methoxy groups -OCH3 is 1. The van der Waals surface area contributed by atoms with E-state index in [4.69, 9.17) is 16.3 Å². The standard InChI is InChI=1S/C13H18ClNO/c1-4-15-9-10(2)7-11-5-6-13(16-3)12(14)8-11/h5-8,15H,4,9H2,1-3H3. The van der Waals surface area contributed by atoms with E-state index in [9.17, 15) is 0 Å². The molecule has 0 atom stereocenters. The molecule has 0 aliphatic heterocycles. The molecule has 0 spiro atoms. The highest BCUT2D eigenvalue weighted by atomic mass is 35.5. The summed E-state index contributed by atoms with van der Waals surface area (Å²) < 4.78 is 5.10. The average Bonchev–Trinajstić information content (AvgIpc) is 2.26. The zero-order valence-electron chi connectivity index (χ0n) is 10.0. The summed E-state index contributed by atoms with van der Waals surface area (Å²) >= 11 is 6.05. The number of hydrogen-bond donors (Lipinski definition) is 1. The Labute approximate surface area is 102 Å². The summed E-state index contributed by atoms with van der Waals surface area (Å²) in [5.74, 6) is 0.711. The van der Waals surface area contributed by atoms with Crippen molar-refractivity contribution in [1.82, 2.24) is 5.32 Å². The van der Waals surface area contributed by atoms with Gasteiger partial charge in [-0.25, -0.2) is 0 Å². The van der Waals surface area contributed by atoms with Gasteiger partial charge in [0.2, 0.25) is 0 Å². The minimum Gasteiger partial charge on any atom is -0.495 e. The van der Waals surface area contributed by atoms with Crippen molar-refractivity contribution in [3.8, 4) is 5.75 Å². The molecule has 0 heterocycles. The van der Waals surface area contributed by atoms with Gasteiger partial charge in [-0.1, -0.05) is 36.2 Å². The van der Waals surface area contributed by atoms with E-state index in [2.05, 4.69) is 25.2 Å². The van der Waals surface area contributed by atoms with Crippen LogP contribution in [0.25, 0.3) is 6.08 Å². The van der Waals surface area contributed by atoms with E-state index in [1.165, 1.54) is 5.57 Å². The topological polar surface area (TPSA) is 21.3 Å². The molecule has 16 heavy (non-hydrogen) atoms. The van der Waals surface area contributed by atoms with Crippen LogP contribution in [-0.2, 0) is 0 Å². The van der Waals surface area contributed by atoms with Gasteiger partial charge in [-0.3, -0.25) is 0 Å². The van der Waals surface area contributed by atoms with Crippen molar-refractivity contribution in [3.63, 3.8) is 0 Å². The van der Waals surface area contributed by atoms with Crippen molar-refractivity contribution in [2.24, 2.45) is 0 Å². The summed E-state index contributed by atoms with van der Waals surface area (Å²) in [5, 5.41) is 3.93. The lowest BCUT2D eigenvalue weighted by Crippen LogP contribution is -2.14. The molecular formula is C13H18ClNO. The minimum atomic E-state index is 0.646. The first kappa shape index (κ1) is 13.1. The van der Waals surface area contributed by atoms with Gasteiger partial charge in [0.05, 0.1) is 12.1 Å². The van der Waals surface area contributed by atoms with Crippen LogP contribution in [0, 0.1) is 0 Å². The summed E-state index contributed by atoms with van der Waals surface area (Å²) in [5.41, 5.74) is 2.38. The van der Waals surface area contributed by atoms with Crippen molar-refractivity contribution >= 4 is 17.7 Å². The van der Waals surface area contributed by atoms with E-state index >= 15 is 0 Å². The maximum Gasteiger partial charge on any atom is 0.137 e. The number of hydrogen-bond acceptors (Lipinski definition) is 2. The van der Waals surface area contributed by atoms with Gasteiger partial charge in [0, 0.05) is 6.54 Å². The van der Waals surface area contributed by atoms with E-state index in [0.717, 1.165) is 18.7 Å². The maximum atomic E-state index is 6.05. The highest BCUT2D eigenvalue weighted by Crippen LogP contribution is 2.25. The predicted octanol–water partition coefficient (Wildman–Crippen LogP) is 3.36. The molecule has 0 saturated carbocycles. The normalized spacial score (nSPS) is 11.6. The second-order valence-electron chi connectivity index (χ2n) is 3.67. The van der Waals surface area contributed by atoms with Gasteiger partial charge in [0.1, 0.15) is 5.75 Å². The molecular weight excluding hydrogens is 222 g/mol. The van der Waals surface area contributed by atoms with E-state index in [0.29, 0.717) is 10.8 Å². The van der Waals surface area contributed by atoms with Gasteiger partial charge in [-0.15, -0.1) is 0 Å². The second kappa shape index (κ2) is 6.56. The monoisotopic (exact) mass is 239 g/mol. The van der Waals surface area contributed by atoms with Crippen molar-refractivity contribution in [2.75, 3.05) is 20.2 Å². The second-order valence-corrected chi connectivity index (χ2v) is 4.07. The highest BCUT2D eigenvalue weighted by Gasteiger charge is 2.00. The van der Waals surface area contributed by atoms with Gasteiger partial charge >= 0.3 is 0 Å². The first-order chi connectivity index (χ1) is 7.67. The van der Waals surface area contributed by atoms with Crippen molar-refractivity contribution in [3.05, 3.63) is 34.4 Å². The van der Waals surface area contributed by atoms with Crippen LogP contribution in [0.1, 0.15) is 19.4 Å². The lowest BCUT2D eigenvalue weighted by molar-refractivity contribution is 0.415. The van der Waals surface area contributed by atoms with E-state index in [1.54, 1.807) is 7.11 Å². The van der Waals surface area contributed by atoms with Crippen LogP contribution in [0.15, 0.2) is 23.8 Å². The van der Waals surface area contributed by atoms with Crippen LogP contribution >= 0.6 is 11.6 Å². The molecule has 1 aromatic rings. The smallest absolute Gasteiger partial charge is 0.137 e. The molecule has 0 radical (unpaired) electrons. The summed E-state index contributed by atoms with van der Waals surface area (Å²) in [6.07, 6.45) is 2.12. The molecule has 1 N–H and O–H groups in total. The quantitative estimate of drug-likeness (QED) is 0.851. The molecule has 1 aromatic carbocycles. The number of ether oxygens (including phenoxy) is 1. The predicted molar refractivity (Wildman–Crippen MR) is 70.2 cm³/mol. The minimum absolute atomic E-state index is 0.646. The highest BCUT2D eigenvalue weighted by molar-refractivity contribution is 6.32. The number of likely N-dealkylation sites (N-methyl/N-ethyl adjacent to an activating group) is 1. The van der Waals surface area contributed by atoms with Gasteiger partial charge in [-0.05, 0) is 31.2 Å². The van der Waals surface area contributed by atoms with Crippen LogP contribution in [0.5, 0.6) is 5.75 Å². The van der Waals surface area contributed by atoms with Crippen molar-refractivity contribution < 1.29 is 4.74 Å². The Morgan fingerprint density at radius 2 is 2.25 bits per heavy atom. The fourth-order valence-electron chi connectivity index (χ4n) is 1.43. The van der Waals surface area contributed by atoms with Crippen molar-refractivity contribution in [1.29, 1.82) is 0 Å². The zero-order valence-corrected chi connectivity index (χ0v) is 10.8. The largest absolute Gasteiger partial charge is 0.495 e. The third-order valence-corrected chi connectivity index (χ3v) is 2.54. The summed E-state index contributed by atoms with van der Waals surface area (Å²) in [7, 11) is 1.62. The molecule has 1 rings (SSSR count). The fourth-order valence-corrected chi connectivity index (χ4v) is 1.70. The first-order valence-electron chi connectivity index (χ1n) is 5.38. The Hall–Kier alpha value is -0.990. The average molecular weight is 240 g/mol. The third-order valence-electron chi connectivity index (χ3n) is 2.24. The Kier molecular flexibility index (Phi) is 5.36. The third kappa shape index (κ3) is 3.87. The Balaban J connectivity index is 2.77. The molecule has 0 amide bonds. The van der Waals surface area contributed by atoms with Gasteiger partial charge in [-0.2, -0.15) is 0 Å². The van der Waals surface area contributed by atoms with Crippen LogP contribution in [-0.4, -0.2) is 20.2 Å². The molecule has 0 bridgehead atoms. The molecule has 0 aliphatic carbocycles. The van der Waals surface area contributed by atoms with Crippen LogP contribution in [0.4, 0.5) is 0 Å². The Morgan fingerprint density at radius 3 is 2.81 bits per heavy atom. The van der Waals surface area contributed by atoms with Crippen LogP contribution < -0.4 is 10.1 Å². The molecule has 0 unspecified atom stereocenters. The summed E-state index contributed by atoms with van der Waals surface area (Å²) in [6.45, 7) is 6.08. The Bertz CT molecular complexity index is 374.